The zero-order valence-electron chi connectivity index (χ0n) is 24.1. The fourth-order valence-corrected chi connectivity index (χ4v) is 7.72. The van der Waals surface area contributed by atoms with Crippen LogP contribution in [-0.2, 0) is 13.0 Å². The van der Waals surface area contributed by atoms with Crippen LogP contribution in [0.1, 0.15) is 40.3 Å². The number of rotatable bonds is 7. The maximum atomic E-state index is 14.1. The van der Waals surface area contributed by atoms with Crippen LogP contribution >= 0.6 is 33.9 Å². The van der Waals surface area contributed by atoms with Crippen LogP contribution in [0.5, 0.6) is 11.5 Å². The van der Waals surface area contributed by atoms with Crippen molar-refractivity contribution in [3.63, 3.8) is 0 Å². The molecule has 2 aliphatic rings. The summed E-state index contributed by atoms with van der Waals surface area (Å²) in [5, 5.41) is 11.0. The number of aryl methyl sites for hydroxylation is 1. The molecule has 1 atom stereocenters. The number of fused-ring (bicyclic) bond motifs is 3. The van der Waals surface area contributed by atoms with Crippen LogP contribution in [-0.4, -0.2) is 16.6 Å². The summed E-state index contributed by atoms with van der Waals surface area (Å²) in [6, 6.07) is 28.4. The van der Waals surface area contributed by atoms with Gasteiger partial charge in [-0.25, -0.2) is 4.99 Å². The first-order valence-corrected chi connectivity index (χ1v) is 16.2. The Hall–Kier alpha value is -4.55. The van der Waals surface area contributed by atoms with Gasteiger partial charge in [-0.2, -0.15) is 0 Å². The number of halogens is 1. The molecule has 4 aromatic carbocycles. The third-order valence-corrected chi connectivity index (χ3v) is 9.85. The predicted molar refractivity (Wildman–Crippen MR) is 182 cm³/mol. The topological polar surface area (TPSA) is 96.0 Å². The summed E-state index contributed by atoms with van der Waals surface area (Å²) < 4.78 is 15.0. The minimum Gasteiger partial charge on any atom is -0.493 e. The highest BCUT2D eigenvalue weighted by molar-refractivity contribution is 14.1. The number of nitro benzene ring substituents is 1. The smallest absolute Gasteiger partial charge is 0.271 e. The Balaban J connectivity index is 1.28. The fraction of sp³-hybridized carbons (Fsp3) is 0.143. The van der Waals surface area contributed by atoms with Gasteiger partial charge in [-0.15, -0.1) is 0 Å². The van der Waals surface area contributed by atoms with Crippen LogP contribution in [0.2, 0.25) is 0 Å². The number of methoxy groups -OCH3 is 1. The fourth-order valence-electron chi connectivity index (χ4n) is 5.94. The minimum atomic E-state index is -0.429. The van der Waals surface area contributed by atoms with Crippen molar-refractivity contribution >= 4 is 51.4 Å². The van der Waals surface area contributed by atoms with Crippen LogP contribution < -0.4 is 24.4 Å². The number of non-ortho nitro benzene ring substituents is 1. The second kappa shape index (κ2) is 12.1. The van der Waals surface area contributed by atoms with Crippen molar-refractivity contribution in [2.45, 2.75) is 25.5 Å². The van der Waals surface area contributed by atoms with Crippen LogP contribution in [0, 0.1) is 13.7 Å². The summed E-state index contributed by atoms with van der Waals surface area (Å²) in [5.74, 6) is 1.09. The van der Waals surface area contributed by atoms with Gasteiger partial charge in [-0.05, 0) is 93.6 Å². The molecule has 45 heavy (non-hydrogen) atoms. The average molecular weight is 728 g/mol. The van der Waals surface area contributed by atoms with E-state index in [4.69, 9.17) is 14.5 Å². The second-order valence-electron chi connectivity index (χ2n) is 10.8. The molecule has 0 unspecified atom stereocenters. The van der Waals surface area contributed by atoms with Crippen LogP contribution in [0.3, 0.4) is 0 Å². The molecule has 1 aromatic heterocycles. The lowest BCUT2D eigenvalue weighted by Crippen LogP contribution is -2.38. The number of thiazole rings is 1. The normalized spacial score (nSPS) is 15.5. The van der Waals surface area contributed by atoms with E-state index in [0.29, 0.717) is 20.8 Å². The van der Waals surface area contributed by atoms with Crippen LogP contribution in [0.15, 0.2) is 106 Å². The third-order valence-electron chi connectivity index (χ3n) is 8.07. The summed E-state index contributed by atoms with van der Waals surface area (Å²) >= 11 is 3.59. The molecule has 0 bridgehead atoms. The standard InChI is InChI=1S/C35H26IN3O5S/c1-43-29-18-22(17-28(36)33(29)44-20-21-11-14-25(15-12-21)39(41)42)19-30-34(40)38-32(24-8-3-2-4-9-24)27-16-13-23-7-5-6-10-26(23)31(27)37-35(38)45-30/h2-12,14-15,17-19,32H,13,16,20H2,1H3/b30-19-/t32-/m0/s1. The highest BCUT2D eigenvalue weighted by Crippen LogP contribution is 2.41. The number of aromatic nitrogens is 1. The largest absolute Gasteiger partial charge is 0.493 e. The number of nitro groups is 1. The van der Waals surface area contributed by atoms with Crippen molar-refractivity contribution in [1.29, 1.82) is 0 Å². The van der Waals surface area contributed by atoms with Gasteiger partial charge in [0.15, 0.2) is 16.3 Å². The second-order valence-corrected chi connectivity index (χ2v) is 12.9. The Kier molecular flexibility index (Phi) is 7.84. The Morgan fingerprint density at radius 2 is 1.80 bits per heavy atom. The van der Waals surface area contributed by atoms with E-state index in [9.17, 15) is 14.9 Å². The van der Waals surface area contributed by atoms with Crippen LogP contribution in [0.4, 0.5) is 5.69 Å². The molecule has 7 rings (SSSR count). The maximum Gasteiger partial charge on any atom is 0.271 e. The molecule has 10 heteroatoms. The molecular weight excluding hydrogens is 701 g/mol. The number of ether oxygens (including phenoxy) is 2. The van der Waals surface area contributed by atoms with Crippen molar-refractivity contribution in [3.05, 3.63) is 158 Å². The van der Waals surface area contributed by atoms with Crippen molar-refractivity contribution in [2.24, 2.45) is 4.99 Å². The lowest BCUT2D eigenvalue weighted by molar-refractivity contribution is -0.384. The van der Waals surface area contributed by atoms with Gasteiger partial charge in [0.05, 0.1) is 31.9 Å². The predicted octanol–water partition coefficient (Wildman–Crippen LogP) is 6.42. The SMILES string of the molecule is COc1cc(/C=c2\sc3n(c2=O)[C@@H](c2ccccc2)C2=C(N=3)c3ccccc3CC2)cc(I)c1OCc1ccc([N+](=O)[O-])cc1. The minimum absolute atomic E-state index is 0.0284. The molecular formula is C35H26IN3O5S. The molecule has 5 aromatic rings. The molecule has 0 radical (unpaired) electrons. The van der Waals surface area contributed by atoms with Crippen molar-refractivity contribution in [3.8, 4) is 11.5 Å². The third kappa shape index (κ3) is 5.48. The summed E-state index contributed by atoms with van der Waals surface area (Å²) in [7, 11) is 1.57. The Labute approximate surface area is 275 Å². The molecule has 8 nitrogen and oxygen atoms in total. The zero-order valence-corrected chi connectivity index (χ0v) is 27.1. The van der Waals surface area contributed by atoms with Crippen molar-refractivity contribution in [2.75, 3.05) is 7.11 Å². The molecule has 0 fully saturated rings. The van der Waals surface area contributed by atoms with Gasteiger partial charge >= 0.3 is 0 Å². The van der Waals surface area contributed by atoms with Gasteiger partial charge in [0.25, 0.3) is 11.2 Å². The summed E-state index contributed by atoms with van der Waals surface area (Å²) in [6.45, 7) is 0.218. The van der Waals surface area contributed by atoms with E-state index in [2.05, 4.69) is 52.9 Å². The lowest BCUT2D eigenvalue weighted by atomic mass is 9.83. The first-order valence-electron chi connectivity index (χ1n) is 14.3. The monoisotopic (exact) mass is 727 g/mol. The van der Waals surface area contributed by atoms with E-state index in [1.54, 1.807) is 19.2 Å². The Morgan fingerprint density at radius 3 is 2.56 bits per heavy atom. The summed E-state index contributed by atoms with van der Waals surface area (Å²) in [4.78, 5) is 30.4. The molecule has 0 spiro atoms. The molecule has 1 aliphatic heterocycles. The molecule has 0 saturated heterocycles. The van der Waals surface area contributed by atoms with E-state index in [1.807, 2.05) is 47.0 Å². The highest BCUT2D eigenvalue weighted by Gasteiger charge is 2.32. The van der Waals surface area contributed by atoms with Gasteiger partial charge < -0.3 is 9.47 Å². The summed E-state index contributed by atoms with van der Waals surface area (Å²) in [6.07, 6.45) is 3.64. The van der Waals surface area contributed by atoms with E-state index in [-0.39, 0.29) is 23.9 Å². The van der Waals surface area contributed by atoms with E-state index in [0.717, 1.165) is 44.4 Å². The highest BCUT2D eigenvalue weighted by atomic mass is 127. The van der Waals surface area contributed by atoms with Crippen molar-refractivity contribution in [1.82, 2.24) is 4.57 Å². The number of benzene rings is 4. The van der Waals surface area contributed by atoms with E-state index < -0.39 is 4.92 Å². The number of hydrogen-bond acceptors (Lipinski definition) is 7. The van der Waals surface area contributed by atoms with Gasteiger partial charge in [0.1, 0.15) is 6.61 Å². The number of hydrogen-bond donors (Lipinski definition) is 0. The molecule has 1 aliphatic carbocycles. The van der Waals surface area contributed by atoms with Crippen LogP contribution in [0.25, 0.3) is 11.8 Å². The lowest BCUT2D eigenvalue weighted by Gasteiger charge is -2.30. The van der Waals surface area contributed by atoms with Gasteiger partial charge in [0, 0.05) is 17.7 Å². The quantitative estimate of drug-likeness (QED) is 0.110. The van der Waals surface area contributed by atoms with Crippen molar-refractivity contribution < 1.29 is 14.4 Å². The zero-order chi connectivity index (χ0) is 31.1. The molecule has 0 saturated carbocycles. The van der Waals surface area contributed by atoms with Gasteiger partial charge in [-0.1, -0.05) is 65.9 Å². The van der Waals surface area contributed by atoms with Gasteiger partial charge in [-0.3, -0.25) is 19.5 Å². The Bertz CT molecular complexity index is 2170. The molecule has 224 valence electrons. The van der Waals surface area contributed by atoms with Gasteiger partial charge in [0.2, 0.25) is 0 Å². The number of allylic oxidation sites excluding steroid dienone is 1. The molecule has 0 amide bonds. The molecule has 2 heterocycles. The first-order chi connectivity index (χ1) is 21.9. The average Bonchev–Trinajstić information content (AvgIpc) is 3.37. The van der Waals surface area contributed by atoms with E-state index >= 15 is 0 Å². The summed E-state index contributed by atoms with van der Waals surface area (Å²) in [5.41, 5.74) is 7.18. The van der Waals surface area contributed by atoms with E-state index in [1.165, 1.54) is 34.6 Å². The maximum absolute atomic E-state index is 14.1. The first kappa shape index (κ1) is 29.2. The Morgan fingerprint density at radius 1 is 1.04 bits per heavy atom. The molecule has 0 N–H and O–H groups in total. The number of nitrogens with zero attached hydrogens (tertiary/aromatic N) is 3.